The van der Waals surface area contributed by atoms with Crippen molar-refractivity contribution < 1.29 is 18.5 Å². The number of hydrogen-bond acceptors (Lipinski definition) is 5. The lowest BCUT2D eigenvalue weighted by molar-refractivity contribution is -0.118. The van der Waals surface area contributed by atoms with E-state index in [1.165, 1.54) is 19.3 Å². The summed E-state index contributed by atoms with van der Waals surface area (Å²) in [5, 5.41) is 8.83. The average Bonchev–Trinajstić information content (AvgIpc) is 3.03. The van der Waals surface area contributed by atoms with E-state index in [1.807, 2.05) is 0 Å². The Kier molecular flexibility index (Phi) is 3.97. The third kappa shape index (κ3) is 3.44. The van der Waals surface area contributed by atoms with Gasteiger partial charge in [0.05, 0.1) is 6.26 Å². The minimum Gasteiger partial charge on any atom is -0.461 e. The Morgan fingerprint density at radius 2 is 2.05 bits per heavy atom. The third-order valence-corrected chi connectivity index (χ3v) is 2.29. The van der Waals surface area contributed by atoms with Gasteiger partial charge in [0.1, 0.15) is 0 Å². The van der Waals surface area contributed by atoms with Crippen molar-refractivity contribution in [3.8, 4) is 11.5 Å². The summed E-state index contributed by atoms with van der Waals surface area (Å²) in [7, 11) is 0. The quantitative estimate of drug-likeness (QED) is 0.778. The van der Waals surface area contributed by atoms with Gasteiger partial charge in [0.2, 0.25) is 11.7 Å². The number of carbonyl (C=O) groups is 2. The molecule has 2 N–H and O–H groups in total. The maximum absolute atomic E-state index is 11.7. The molecule has 0 aliphatic heterocycles. The highest BCUT2D eigenvalue weighted by atomic mass is 16.5. The van der Waals surface area contributed by atoms with Crippen LogP contribution in [0, 0.1) is 0 Å². The van der Waals surface area contributed by atoms with Gasteiger partial charge in [0, 0.05) is 26.1 Å². The standard InChI is InChI=1S/C12H13N3O4/c1-8(16)13-4-5-14-12(17)9-7-11(19-15-9)10-3-2-6-18-10/h2-3,6-7H,4-5H2,1H3,(H,13,16)(H,14,17). The van der Waals surface area contributed by atoms with E-state index >= 15 is 0 Å². The molecule has 7 heteroatoms. The van der Waals surface area contributed by atoms with Gasteiger partial charge in [0.15, 0.2) is 11.5 Å². The van der Waals surface area contributed by atoms with Crippen LogP contribution in [0.2, 0.25) is 0 Å². The molecule has 2 aromatic rings. The first-order valence-electron chi connectivity index (χ1n) is 5.70. The second-order valence-electron chi connectivity index (χ2n) is 3.79. The van der Waals surface area contributed by atoms with Crippen LogP contribution < -0.4 is 10.6 Å². The zero-order chi connectivity index (χ0) is 13.7. The highest BCUT2D eigenvalue weighted by Crippen LogP contribution is 2.20. The van der Waals surface area contributed by atoms with Gasteiger partial charge >= 0.3 is 0 Å². The number of amides is 2. The maximum atomic E-state index is 11.7. The Hall–Kier alpha value is -2.57. The number of nitrogens with one attached hydrogen (secondary N) is 2. The van der Waals surface area contributed by atoms with Gasteiger partial charge in [-0.1, -0.05) is 5.16 Å². The molecule has 0 aromatic carbocycles. The molecule has 100 valence electrons. The summed E-state index contributed by atoms with van der Waals surface area (Å²) in [6, 6.07) is 4.91. The van der Waals surface area contributed by atoms with Crippen LogP contribution in [-0.4, -0.2) is 30.1 Å². The van der Waals surface area contributed by atoms with Crippen LogP contribution in [0.25, 0.3) is 11.5 Å². The Morgan fingerprint density at radius 1 is 1.26 bits per heavy atom. The van der Waals surface area contributed by atoms with Crippen molar-refractivity contribution in [3.63, 3.8) is 0 Å². The lowest BCUT2D eigenvalue weighted by Gasteiger charge is -2.02. The molecular formula is C12H13N3O4. The molecule has 0 aliphatic rings. The molecule has 2 amide bonds. The number of carbonyl (C=O) groups excluding carboxylic acids is 2. The monoisotopic (exact) mass is 263 g/mol. The Bertz CT molecular complexity index is 559. The summed E-state index contributed by atoms with van der Waals surface area (Å²) >= 11 is 0. The summed E-state index contributed by atoms with van der Waals surface area (Å²) in [6.07, 6.45) is 1.50. The highest BCUT2D eigenvalue weighted by molar-refractivity contribution is 5.92. The van der Waals surface area contributed by atoms with E-state index in [0.29, 0.717) is 24.6 Å². The highest BCUT2D eigenvalue weighted by Gasteiger charge is 2.14. The lowest BCUT2D eigenvalue weighted by Crippen LogP contribution is -2.33. The van der Waals surface area contributed by atoms with E-state index in [1.54, 1.807) is 12.1 Å². The minimum absolute atomic E-state index is 0.143. The second kappa shape index (κ2) is 5.85. The Balaban J connectivity index is 1.88. The molecule has 2 heterocycles. The van der Waals surface area contributed by atoms with E-state index in [4.69, 9.17) is 8.94 Å². The summed E-state index contributed by atoms with van der Waals surface area (Å²) in [4.78, 5) is 22.3. The van der Waals surface area contributed by atoms with Crippen LogP contribution in [0.1, 0.15) is 17.4 Å². The van der Waals surface area contributed by atoms with Gasteiger partial charge < -0.3 is 19.6 Å². The predicted octanol–water partition coefficient (Wildman–Crippen LogP) is 0.800. The van der Waals surface area contributed by atoms with Crippen LogP contribution in [0.15, 0.2) is 33.4 Å². The first-order chi connectivity index (χ1) is 9.16. The number of furan rings is 1. The summed E-state index contributed by atoms with van der Waals surface area (Å²) in [6.45, 7) is 2.10. The lowest BCUT2D eigenvalue weighted by atomic mass is 10.3. The van der Waals surface area contributed by atoms with E-state index in [2.05, 4.69) is 15.8 Å². The van der Waals surface area contributed by atoms with Gasteiger partial charge in [-0.15, -0.1) is 0 Å². The van der Waals surface area contributed by atoms with Gasteiger partial charge in [-0.05, 0) is 12.1 Å². The molecule has 0 atom stereocenters. The third-order valence-electron chi connectivity index (χ3n) is 2.29. The number of aromatic nitrogens is 1. The van der Waals surface area contributed by atoms with E-state index in [9.17, 15) is 9.59 Å². The van der Waals surface area contributed by atoms with E-state index < -0.39 is 0 Å². The fraction of sp³-hybridized carbons (Fsp3) is 0.250. The molecule has 0 saturated heterocycles. The fourth-order valence-electron chi connectivity index (χ4n) is 1.42. The van der Waals surface area contributed by atoms with Crippen LogP contribution >= 0.6 is 0 Å². The number of hydrogen-bond donors (Lipinski definition) is 2. The molecule has 7 nitrogen and oxygen atoms in total. The average molecular weight is 263 g/mol. The largest absolute Gasteiger partial charge is 0.461 e. The fourth-order valence-corrected chi connectivity index (χ4v) is 1.42. The first kappa shape index (κ1) is 12.9. The zero-order valence-corrected chi connectivity index (χ0v) is 10.3. The van der Waals surface area contributed by atoms with Gasteiger partial charge in [0.25, 0.3) is 5.91 Å². The molecule has 2 rings (SSSR count). The van der Waals surface area contributed by atoms with Crippen molar-refractivity contribution in [2.75, 3.05) is 13.1 Å². The van der Waals surface area contributed by atoms with Crippen molar-refractivity contribution in [2.45, 2.75) is 6.92 Å². The van der Waals surface area contributed by atoms with Crippen LogP contribution in [-0.2, 0) is 4.79 Å². The molecule has 0 saturated carbocycles. The SMILES string of the molecule is CC(=O)NCCNC(=O)c1cc(-c2ccco2)on1. The normalized spacial score (nSPS) is 10.2. The van der Waals surface area contributed by atoms with Crippen molar-refractivity contribution in [2.24, 2.45) is 0 Å². The summed E-state index contributed by atoms with van der Waals surface area (Å²) in [5.41, 5.74) is 0.161. The molecule has 19 heavy (non-hydrogen) atoms. The van der Waals surface area contributed by atoms with E-state index in [-0.39, 0.29) is 17.5 Å². The number of rotatable bonds is 5. The Labute approximate surface area is 108 Å². The predicted molar refractivity (Wildman–Crippen MR) is 65.2 cm³/mol. The summed E-state index contributed by atoms with van der Waals surface area (Å²) in [5.74, 6) is 0.379. The van der Waals surface area contributed by atoms with Crippen molar-refractivity contribution in [1.82, 2.24) is 15.8 Å². The van der Waals surface area contributed by atoms with Crippen molar-refractivity contribution in [3.05, 3.63) is 30.2 Å². The molecule has 0 radical (unpaired) electrons. The summed E-state index contributed by atoms with van der Waals surface area (Å²) < 4.78 is 10.1. The van der Waals surface area contributed by atoms with E-state index in [0.717, 1.165) is 0 Å². The molecular weight excluding hydrogens is 250 g/mol. The zero-order valence-electron chi connectivity index (χ0n) is 10.3. The molecule has 0 bridgehead atoms. The molecule has 0 unspecified atom stereocenters. The molecule has 2 aromatic heterocycles. The van der Waals surface area contributed by atoms with Gasteiger partial charge in [-0.3, -0.25) is 9.59 Å². The topological polar surface area (TPSA) is 97.4 Å². The molecule has 0 spiro atoms. The van der Waals surface area contributed by atoms with Gasteiger partial charge in [-0.2, -0.15) is 0 Å². The van der Waals surface area contributed by atoms with Crippen LogP contribution in [0.5, 0.6) is 0 Å². The minimum atomic E-state index is -0.369. The number of nitrogens with zero attached hydrogens (tertiary/aromatic N) is 1. The molecule has 0 fully saturated rings. The smallest absolute Gasteiger partial charge is 0.273 e. The van der Waals surface area contributed by atoms with Crippen molar-refractivity contribution >= 4 is 11.8 Å². The van der Waals surface area contributed by atoms with Gasteiger partial charge in [-0.25, -0.2) is 0 Å². The molecule has 0 aliphatic carbocycles. The first-order valence-corrected chi connectivity index (χ1v) is 5.70. The second-order valence-corrected chi connectivity index (χ2v) is 3.79. The Morgan fingerprint density at radius 3 is 2.74 bits per heavy atom. The van der Waals surface area contributed by atoms with Crippen LogP contribution in [0.3, 0.4) is 0 Å². The van der Waals surface area contributed by atoms with Crippen molar-refractivity contribution in [1.29, 1.82) is 0 Å². The maximum Gasteiger partial charge on any atom is 0.273 e. The van der Waals surface area contributed by atoms with Crippen LogP contribution in [0.4, 0.5) is 0 Å².